The lowest BCUT2D eigenvalue weighted by Gasteiger charge is -2.33. The first-order valence-corrected chi connectivity index (χ1v) is 10.1. The second-order valence-corrected chi connectivity index (χ2v) is 7.00. The Balaban J connectivity index is 1.71. The van der Waals surface area contributed by atoms with Gasteiger partial charge in [-0.2, -0.15) is 10.2 Å². The van der Waals surface area contributed by atoms with E-state index >= 15 is 0 Å². The number of aliphatic imine (C=N–C) groups is 1. The van der Waals surface area contributed by atoms with Crippen LogP contribution in [0.4, 0.5) is 0 Å². The van der Waals surface area contributed by atoms with E-state index in [9.17, 15) is 0 Å². The molecule has 2 aromatic rings. The van der Waals surface area contributed by atoms with Crippen LogP contribution in [0.3, 0.4) is 0 Å². The fraction of sp³-hybridized carbons (Fsp3) is 0.684. The highest BCUT2D eigenvalue weighted by Crippen LogP contribution is 2.25. The number of likely N-dealkylation sites (tertiary alicyclic amines) is 1. The SMILES string of the molecule is CCNC(=NCc1c(CC)nn(C)c1CC)N1CCC(c2ncn[nH]2)CC1. The van der Waals surface area contributed by atoms with E-state index in [4.69, 9.17) is 4.99 Å². The Labute approximate surface area is 161 Å². The second kappa shape index (κ2) is 9.01. The summed E-state index contributed by atoms with van der Waals surface area (Å²) in [5.41, 5.74) is 3.74. The molecule has 0 saturated carbocycles. The molecule has 1 fully saturated rings. The highest BCUT2D eigenvalue weighted by Gasteiger charge is 2.24. The molecule has 148 valence electrons. The molecule has 0 aromatic carbocycles. The lowest BCUT2D eigenvalue weighted by atomic mass is 9.96. The van der Waals surface area contributed by atoms with Gasteiger partial charge in [0.1, 0.15) is 12.2 Å². The zero-order valence-corrected chi connectivity index (χ0v) is 17.0. The number of guanidine groups is 1. The minimum atomic E-state index is 0.461. The number of nitrogens with zero attached hydrogens (tertiary/aromatic N) is 6. The van der Waals surface area contributed by atoms with Gasteiger partial charge in [0.15, 0.2) is 5.96 Å². The van der Waals surface area contributed by atoms with Crippen molar-refractivity contribution in [2.45, 2.75) is 58.9 Å². The van der Waals surface area contributed by atoms with E-state index in [1.54, 1.807) is 6.33 Å². The highest BCUT2D eigenvalue weighted by molar-refractivity contribution is 5.80. The molecule has 0 spiro atoms. The summed E-state index contributed by atoms with van der Waals surface area (Å²) >= 11 is 0. The quantitative estimate of drug-likeness (QED) is 0.598. The van der Waals surface area contributed by atoms with E-state index in [1.165, 1.54) is 11.3 Å². The maximum Gasteiger partial charge on any atom is 0.194 e. The first-order valence-electron chi connectivity index (χ1n) is 10.1. The second-order valence-electron chi connectivity index (χ2n) is 7.00. The molecule has 0 radical (unpaired) electrons. The van der Waals surface area contributed by atoms with Gasteiger partial charge in [-0.25, -0.2) is 9.98 Å². The summed E-state index contributed by atoms with van der Waals surface area (Å²) in [5, 5.41) is 15.1. The predicted octanol–water partition coefficient (Wildman–Crippen LogP) is 2.01. The Hall–Kier alpha value is -2.38. The molecule has 3 heterocycles. The third-order valence-corrected chi connectivity index (χ3v) is 5.36. The topological polar surface area (TPSA) is 87.0 Å². The van der Waals surface area contributed by atoms with Gasteiger partial charge in [-0.1, -0.05) is 13.8 Å². The average Bonchev–Trinajstić information content (AvgIpc) is 3.33. The smallest absolute Gasteiger partial charge is 0.194 e. The van der Waals surface area contributed by atoms with E-state index in [0.29, 0.717) is 12.5 Å². The fourth-order valence-electron chi connectivity index (χ4n) is 3.93. The van der Waals surface area contributed by atoms with E-state index in [2.05, 4.69) is 51.3 Å². The maximum atomic E-state index is 4.97. The van der Waals surface area contributed by atoms with Gasteiger partial charge in [-0.05, 0) is 32.6 Å². The summed E-state index contributed by atoms with van der Waals surface area (Å²) in [6.45, 7) is 9.98. The van der Waals surface area contributed by atoms with Crippen molar-refractivity contribution in [3.05, 3.63) is 29.1 Å². The molecular weight excluding hydrogens is 340 g/mol. The number of rotatable bonds is 6. The number of aromatic nitrogens is 5. The number of piperidine rings is 1. The summed E-state index contributed by atoms with van der Waals surface area (Å²) in [5.74, 6) is 2.47. The average molecular weight is 373 g/mol. The monoisotopic (exact) mass is 372 g/mol. The van der Waals surface area contributed by atoms with Gasteiger partial charge < -0.3 is 10.2 Å². The summed E-state index contributed by atoms with van der Waals surface area (Å²) < 4.78 is 2.01. The Morgan fingerprint density at radius 3 is 2.63 bits per heavy atom. The Morgan fingerprint density at radius 2 is 2.04 bits per heavy atom. The molecule has 0 atom stereocenters. The number of nitrogens with one attached hydrogen (secondary N) is 2. The lowest BCUT2D eigenvalue weighted by Crippen LogP contribution is -2.45. The zero-order valence-electron chi connectivity index (χ0n) is 17.0. The van der Waals surface area contributed by atoms with Crippen LogP contribution < -0.4 is 5.32 Å². The van der Waals surface area contributed by atoms with Crippen LogP contribution in [0, 0.1) is 0 Å². The molecule has 0 unspecified atom stereocenters. The number of H-pyrrole nitrogens is 1. The van der Waals surface area contributed by atoms with Gasteiger partial charge in [0.25, 0.3) is 0 Å². The van der Waals surface area contributed by atoms with Gasteiger partial charge in [-0.15, -0.1) is 0 Å². The summed E-state index contributed by atoms with van der Waals surface area (Å²) in [6.07, 6.45) is 5.64. The van der Waals surface area contributed by atoms with E-state index < -0.39 is 0 Å². The van der Waals surface area contributed by atoms with Crippen molar-refractivity contribution in [2.24, 2.45) is 12.0 Å². The number of aromatic amines is 1. The van der Waals surface area contributed by atoms with Crippen LogP contribution >= 0.6 is 0 Å². The Bertz CT molecular complexity index is 738. The van der Waals surface area contributed by atoms with Crippen molar-refractivity contribution in [3.8, 4) is 0 Å². The molecule has 0 bridgehead atoms. The Morgan fingerprint density at radius 1 is 1.26 bits per heavy atom. The number of hydrogen-bond donors (Lipinski definition) is 2. The van der Waals surface area contributed by atoms with E-state index in [1.807, 2.05) is 11.7 Å². The molecule has 0 aliphatic carbocycles. The molecule has 1 aliphatic rings. The van der Waals surface area contributed by atoms with Gasteiger partial charge in [0, 0.05) is 43.9 Å². The first kappa shape index (κ1) is 19.4. The molecule has 3 rings (SSSR count). The fourth-order valence-corrected chi connectivity index (χ4v) is 3.93. The predicted molar refractivity (Wildman–Crippen MR) is 107 cm³/mol. The molecule has 27 heavy (non-hydrogen) atoms. The molecule has 8 nitrogen and oxygen atoms in total. The number of hydrogen-bond acceptors (Lipinski definition) is 4. The lowest BCUT2D eigenvalue weighted by molar-refractivity contribution is 0.299. The summed E-state index contributed by atoms with van der Waals surface area (Å²) in [6, 6.07) is 0. The third-order valence-electron chi connectivity index (χ3n) is 5.36. The van der Waals surface area contributed by atoms with Gasteiger partial charge in [-0.3, -0.25) is 9.78 Å². The van der Waals surface area contributed by atoms with Gasteiger partial charge >= 0.3 is 0 Å². The minimum absolute atomic E-state index is 0.461. The normalized spacial score (nSPS) is 16.1. The Kier molecular flexibility index (Phi) is 6.47. The summed E-state index contributed by atoms with van der Waals surface area (Å²) in [7, 11) is 2.03. The van der Waals surface area contributed by atoms with Gasteiger partial charge in [0.2, 0.25) is 0 Å². The van der Waals surface area contributed by atoms with Crippen LogP contribution in [0.1, 0.15) is 62.3 Å². The van der Waals surface area contributed by atoms with Crippen molar-refractivity contribution in [1.82, 2.24) is 35.2 Å². The van der Waals surface area contributed by atoms with Crippen LogP contribution in [0.15, 0.2) is 11.3 Å². The molecule has 0 amide bonds. The molecule has 8 heteroatoms. The van der Waals surface area contributed by atoms with Crippen molar-refractivity contribution >= 4 is 5.96 Å². The largest absolute Gasteiger partial charge is 0.357 e. The first-order chi connectivity index (χ1) is 13.2. The van der Waals surface area contributed by atoms with Crippen molar-refractivity contribution in [1.29, 1.82) is 0 Å². The van der Waals surface area contributed by atoms with Crippen molar-refractivity contribution in [3.63, 3.8) is 0 Å². The molecular formula is C19H32N8. The third kappa shape index (κ3) is 4.31. The summed E-state index contributed by atoms with van der Waals surface area (Å²) in [4.78, 5) is 11.7. The van der Waals surface area contributed by atoms with Crippen LogP contribution in [0.2, 0.25) is 0 Å². The molecule has 1 aliphatic heterocycles. The van der Waals surface area contributed by atoms with E-state index in [0.717, 1.165) is 62.8 Å². The molecule has 2 N–H and O–H groups in total. The molecule has 1 saturated heterocycles. The van der Waals surface area contributed by atoms with Gasteiger partial charge in [0.05, 0.1) is 12.2 Å². The van der Waals surface area contributed by atoms with Crippen molar-refractivity contribution < 1.29 is 0 Å². The standard InChI is InChI=1S/C19H32N8/c1-5-16-15(17(6-2)26(4)25-16)12-21-19(20-7-3)27-10-8-14(9-11-27)18-22-13-23-24-18/h13-14H,5-12H2,1-4H3,(H,20,21)(H,22,23,24). The number of aryl methyl sites for hydroxylation is 2. The molecule has 2 aromatic heterocycles. The van der Waals surface area contributed by atoms with Crippen molar-refractivity contribution in [2.75, 3.05) is 19.6 Å². The maximum absolute atomic E-state index is 4.97. The van der Waals surface area contributed by atoms with Crippen LogP contribution in [-0.2, 0) is 26.4 Å². The highest BCUT2D eigenvalue weighted by atomic mass is 15.3. The van der Waals surface area contributed by atoms with E-state index in [-0.39, 0.29) is 0 Å². The van der Waals surface area contributed by atoms with Crippen LogP contribution in [0.5, 0.6) is 0 Å². The minimum Gasteiger partial charge on any atom is -0.357 e. The zero-order chi connectivity index (χ0) is 19.2. The van der Waals surface area contributed by atoms with Crippen LogP contribution in [0.25, 0.3) is 0 Å². The van der Waals surface area contributed by atoms with Crippen LogP contribution in [-0.4, -0.2) is 55.5 Å².